The van der Waals surface area contributed by atoms with Crippen molar-refractivity contribution in [1.82, 2.24) is 24.7 Å². The first-order valence-electron chi connectivity index (χ1n) is 5.73. The number of thioether (sulfide) groups is 1. The van der Waals surface area contributed by atoms with Gasteiger partial charge in [0.05, 0.1) is 11.4 Å². The largest absolute Gasteiger partial charge is 0.299 e. The van der Waals surface area contributed by atoms with E-state index >= 15 is 0 Å². The molecule has 9 heteroatoms. The number of nitrogens with zero attached hydrogens (tertiary/aromatic N) is 6. The van der Waals surface area contributed by atoms with Gasteiger partial charge in [-0.2, -0.15) is 14.9 Å². The summed E-state index contributed by atoms with van der Waals surface area (Å²) in [5.41, 5.74) is 1.39. The number of aryl methyl sites for hydroxylation is 1. The van der Waals surface area contributed by atoms with Crippen LogP contribution >= 0.6 is 11.8 Å². The molecule has 2 aromatic heterocycles. The molecule has 2 aromatic rings. The number of hydrogen-bond acceptors (Lipinski definition) is 5. The van der Waals surface area contributed by atoms with Crippen molar-refractivity contribution in [3.63, 3.8) is 0 Å². The molecule has 1 aliphatic rings. The van der Waals surface area contributed by atoms with Crippen LogP contribution in [0.3, 0.4) is 0 Å². The molecule has 3 heterocycles. The molecule has 3 rings (SSSR count). The van der Waals surface area contributed by atoms with Crippen molar-refractivity contribution in [2.24, 2.45) is 12.1 Å². The zero-order valence-electron chi connectivity index (χ0n) is 10.7. The summed E-state index contributed by atoms with van der Waals surface area (Å²) in [6.07, 6.45) is 0.961. The topological polar surface area (TPSA) is 60.9 Å². The number of hydrogen-bond donors (Lipinski definition) is 0. The molecule has 0 aliphatic carbocycles. The first-order chi connectivity index (χ1) is 9.54. The lowest BCUT2D eigenvalue weighted by Gasteiger charge is -2.13. The van der Waals surface area contributed by atoms with Gasteiger partial charge >= 0.3 is 0 Å². The Balaban J connectivity index is 1.98. The maximum absolute atomic E-state index is 12.7. The van der Waals surface area contributed by atoms with E-state index in [2.05, 4.69) is 20.4 Å². The minimum Gasteiger partial charge on any atom is -0.275 e. The summed E-state index contributed by atoms with van der Waals surface area (Å²) in [6, 6.07) is 1.85. The summed E-state index contributed by atoms with van der Waals surface area (Å²) in [4.78, 5) is 0.810. The van der Waals surface area contributed by atoms with Gasteiger partial charge in [0.25, 0.3) is 6.43 Å². The third-order valence-corrected chi connectivity index (χ3v) is 3.72. The minimum atomic E-state index is -2.70. The highest BCUT2D eigenvalue weighted by atomic mass is 32.2. The van der Waals surface area contributed by atoms with Gasteiger partial charge < -0.3 is 0 Å². The van der Waals surface area contributed by atoms with Gasteiger partial charge in [0, 0.05) is 18.1 Å². The number of aromatic nitrogens is 5. The number of allylic oxidation sites excluding steroid dienone is 1. The first-order valence-corrected chi connectivity index (χ1v) is 6.55. The Bertz CT molecular complexity index is 714. The van der Waals surface area contributed by atoms with Crippen LogP contribution in [0.1, 0.15) is 24.9 Å². The van der Waals surface area contributed by atoms with E-state index in [0.29, 0.717) is 10.9 Å². The molecule has 0 bridgehead atoms. The molecular weight excluding hydrogens is 286 g/mol. The van der Waals surface area contributed by atoms with Gasteiger partial charge in [-0.15, -0.1) is 10.2 Å². The molecule has 0 atom stereocenters. The van der Waals surface area contributed by atoms with Gasteiger partial charge in [0.1, 0.15) is 0 Å². The molecule has 20 heavy (non-hydrogen) atoms. The maximum Gasteiger partial charge on any atom is 0.299 e. The standard InChI is InChI=1S/C11H10F2N6S/c1-6-8(5-7-3-4-18(2)17-7)20-11-15-14-10(9(12)13)19(11)16-6/h3-5,9H,1-2H3/b8-5+. The van der Waals surface area contributed by atoms with E-state index in [0.717, 1.165) is 15.3 Å². The molecule has 0 saturated heterocycles. The third-order valence-electron chi connectivity index (χ3n) is 2.65. The van der Waals surface area contributed by atoms with Crippen molar-refractivity contribution in [3.8, 4) is 0 Å². The summed E-state index contributed by atoms with van der Waals surface area (Å²) in [7, 11) is 1.82. The Morgan fingerprint density at radius 2 is 2.15 bits per heavy atom. The Morgan fingerprint density at radius 3 is 2.80 bits per heavy atom. The van der Waals surface area contributed by atoms with Gasteiger partial charge in [0.15, 0.2) is 0 Å². The highest BCUT2D eigenvalue weighted by Crippen LogP contribution is 2.34. The fraction of sp³-hybridized carbons (Fsp3) is 0.273. The third kappa shape index (κ3) is 2.24. The number of fused-ring (bicyclic) bond motifs is 1. The van der Waals surface area contributed by atoms with Gasteiger partial charge in [-0.1, -0.05) is 0 Å². The van der Waals surface area contributed by atoms with E-state index < -0.39 is 12.2 Å². The Hall–Kier alpha value is -2.03. The molecule has 104 valence electrons. The van der Waals surface area contributed by atoms with Crippen LogP contribution in [0.2, 0.25) is 0 Å². The molecular formula is C11H10F2N6S. The number of halogens is 2. The normalized spacial score (nSPS) is 16.6. The average Bonchev–Trinajstić information content (AvgIpc) is 2.96. The van der Waals surface area contributed by atoms with Crippen LogP contribution < -0.4 is 0 Å². The Morgan fingerprint density at radius 1 is 1.35 bits per heavy atom. The van der Waals surface area contributed by atoms with Crippen LogP contribution in [0.4, 0.5) is 8.78 Å². The van der Waals surface area contributed by atoms with Gasteiger partial charge in [-0.3, -0.25) is 4.68 Å². The van der Waals surface area contributed by atoms with Crippen LogP contribution in [-0.2, 0) is 7.05 Å². The quantitative estimate of drug-likeness (QED) is 0.853. The Kier molecular flexibility index (Phi) is 3.13. The van der Waals surface area contributed by atoms with Crippen molar-refractivity contribution in [2.75, 3.05) is 0 Å². The fourth-order valence-corrected chi connectivity index (χ4v) is 2.59. The van der Waals surface area contributed by atoms with Crippen molar-refractivity contribution in [3.05, 3.63) is 28.7 Å². The van der Waals surface area contributed by atoms with Crippen LogP contribution in [-0.4, -0.2) is 30.4 Å². The van der Waals surface area contributed by atoms with Crippen molar-refractivity contribution < 1.29 is 8.78 Å². The zero-order valence-corrected chi connectivity index (χ0v) is 11.5. The number of alkyl halides is 2. The molecule has 0 amide bonds. The van der Waals surface area contributed by atoms with E-state index in [-0.39, 0.29) is 0 Å². The Labute approximate surface area is 117 Å². The van der Waals surface area contributed by atoms with Crippen LogP contribution in [0.5, 0.6) is 0 Å². The smallest absolute Gasteiger partial charge is 0.275 e. The second-order valence-electron chi connectivity index (χ2n) is 4.16. The molecule has 0 saturated carbocycles. The molecule has 0 fully saturated rings. The lowest BCUT2D eigenvalue weighted by atomic mass is 10.3. The predicted octanol–water partition coefficient (Wildman–Crippen LogP) is 2.32. The molecule has 0 unspecified atom stereocenters. The minimum absolute atomic E-state index is 0.327. The SMILES string of the molecule is CC1=Nn2c(nnc2C(F)F)S/C1=C/c1ccn(C)n1. The molecule has 0 spiro atoms. The summed E-state index contributed by atoms with van der Waals surface area (Å²) < 4.78 is 28.2. The molecule has 0 N–H and O–H groups in total. The first kappa shape index (κ1) is 13.0. The van der Waals surface area contributed by atoms with Crippen LogP contribution in [0, 0.1) is 0 Å². The van der Waals surface area contributed by atoms with Crippen LogP contribution in [0.15, 0.2) is 27.4 Å². The monoisotopic (exact) mass is 296 g/mol. The summed E-state index contributed by atoms with van der Waals surface area (Å²) in [6.45, 7) is 1.75. The highest BCUT2D eigenvalue weighted by molar-refractivity contribution is 8.04. The highest BCUT2D eigenvalue weighted by Gasteiger charge is 2.25. The van der Waals surface area contributed by atoms with Gasteiger partial charge in [-0.05, 0) is 30.8 Å². The molecule has 0 radical (unpaired) electrons. The molecule has 1 aliphatic heterocycles. The van der Waals surface area contributed by atoms with Gasteiger partial charge in [0.2, 0.25) is 11.0 Å². The number of rotatable bonds is 2. The van der Waals surface area contributed by atoms with Crippen molar-refractivity contribution in [2.45, 2.75) is 18.5 Å². The van der Waals surface area contributed by atoms with E-state index in [4.69, 9.17) is 0 Å². The lowest BCUT2D eigenvalue weighted by molar-refractivity contribution is 0.135. The lowest BCUT2D eigenvalue weighted by Crippen LogP contribution is -2.09. The summed E-state index contributed by atoms with van der Waals surface area (Å²) >= 11 is 1.24. The zero-order chi connectivity index (χ0) is 14.3. The molecule has 0 aromatic carbocycles. The van der Waals surface area contributed by atoms with E-state index in [1.807, 2.05) is 25.4 Å². The second-order valence-corrected chi connectivity index (χ2v) is 5.17. The summed E-state index contributed by atoms with van der Waals surface area (Å²) in [5, 5.41) is 15.9. The van der Waals surface area contributed by atoms with Crippen molar-refractivity contribution in [1.29, 1.82) is 0 Å². The van der Waals surface area contributed by atoms with E-state index in [9.17, 15) is 8.78 Å². The molecule has 6 nitrogen and oxygen atoms in total. The average molecular weight is 296 g/mol. The summed E-state index contributed by atoms with van der Waals surface area (Å²) in [5.74, 6) is -0.441. The fourth-order valence-electron chi connectivity index (χ4n) is 1.72. The van der Waals surface area contributed by atoms with Gasteiger partial charge in [-0.25, -0.2) is 8.78 Å². The predicted molar refractivity (Wildman–Crippen MR) is 70.5 cm³/mol. The maximum atomic E-state index is 12.7. The van der Waals surface area contributed by atoms with E-state index in [1.165, 1.54) is 11.8 Å². The van der Waals surface area contributed by atoms with Crippen molar-refractivity contribution >= 4 is 23.5 Å². The van der Waals surface area contributed by atoms with Crippen LogP contribution in [0.25, 0.3) is 6.08 Å². The van der Waals surface area contributed by atoms with E-state index in [1.54, 1.807) is 11.6 Å². The second kappa shape index (κ2) is 4.82.